The lowest BCUT2D eigenvalue weighted by Crippen LogP contribution is -2.06. The molecule has 0 aliphatic rings. The zero-order chi connectivity index (χ0) is 16.9. The second-order valence-electron chi connectivity index (χ2n) is 5.43. The molecule has 0 atom stereocenters. The minimum atomic E-state index is -1.31. The standard InChI is InChI=1S/C21H18O3/c1-2-15-9-6-7-12-17(15)19-14-8-13-18(20(19)24-21(22)23)16-10-4-3-5-11-16/h3-14H,2H2,1H3,(H,22,23). The zero-order valence-corrected chi connectivity index (χ0v) is 13.4. The lowest BCUT2D eigenvalue weighted by molar-refractivity contribution is 0.145. The van der Waals surface area contributed by atoms with E-state index >= 15 is 0 Å². The Hall–Kier alpha value is -3.07. The summed E-state index contributed by atoms with van der Waals surface area (Å²) in [5.74, 6) is 0.372. The number of carbonyl (C=O) groups is 1. The summed E-state index contributed by atoms with van der Waals surface area (Å²) in [5.41, 5.74) is 4.62. The second kappa shape index (κ2) is 7.01. The number of rotatable bonds is 4. The van der Waals surface area contributed by atoms with Gasteiger partial charge >= 0.3 is 6.16 Å². The van der Waals surface area contributed by atoms with Gasteiger partial charge in [0.25, 0.3) is 0 Å². The highest BCUT2D eigenvalue weighted by Gasteiger charge is 2.17. The van der Waals surface area contributed by atoms with Crippen LogP contribution in [0.5, 0.6) is 5.75 Å². The zero-order valence-electron chi connectivity index (χ0n) is 13.4. The molecule has 0 saturated heterocycles. The highest BCUT2D eigenvalue weighted by Crippen LogP contribution is 2.40. The van der Waals surface area contributed by atoms with Gasteiger partial charge in [0.15, 0.2) is 0 Å². The molecule has 0 aliphatic carbocycles. The summed E-state index contributed by atoms with van der Waals surface area (Å²) in [6.07, 6.45) is -0.452. The first-order chi connectivity index (χ1) is 11.7. The Morgan fingerprint density at radius 2 is 1.46 bits per heavy atom. The minimum Gasteiger partial charge on any atom is -0.449 e. The number of hydrogen-bond acceptors (Lipinski definition) is 2. The van der Waals surface area contributed by atoms with Crippen LogP contribution in [0.3, 0.4) is 0 Å². The fourth-order valence-corrected chi connectivity index (χ4v) is 2.88. The number of para-hydroxylation sites is 1. The predicted octanol–water partition coefficient (Wildman–Crippen LogP) is 5.64. The Morgan fingerprint density at radius 1 is 0.833 bits per heavy atom. The van der Waals surface area contributed by atoms with Crippen LogP contribution >= 0.6 is 0 Å². The van der Waals surface area contributed by atoms with E-state index in [1.165, 1.54) is 0 Å². The van der Waals surface area contributed by atoms with Gasteiger partial charge in [-0.1, -0.05) is 79.7 Å². The van der Waals surface area contributed by atoms with E-state index in [1.54, 1.807) is 0 Å². The molecule has 0 fully saturated rings. The first-order valence-corrected chi connectivity index (χ1v) is 7.88. The fraction of sp³-hybridized carbons (Fsp3) is 0.0952. The van der Waals surface area contributed by atoms with E-state index in [-0.39, 0.29) is 0 Å². The molecule has 0 spiro atoms. The van der Waals surface area contributed by atoms with Crippen molar-refractivity contribution in [3.8, 4) is 28.0 Å². The van der Waals surface area contributed by atoms with Crippen molar-refractivity contribution in [3.05, 3.63) is 78.4 Å². The second-order valence-corrected chi connectivity index (χ2v) is 5.43. The number of hydrogen-bond donors (Lipinski definition) is 1. The van der Waals surface area contributed by atoms with Gasteiger partial charge in [-0.05, 0) is 23.1 Å². The largest absolute Gasteiger partial charge is 0.511 e. The third kappa shape index (κ3) is 3.15. The molecule has 3 nitrogen and oxygen atoms in total. The normalized spacial score (nSPS) is 10.4. The molecule has 3 rings (SSSR count). The highest BCUT2D eigenvalue weighted by atomic mass is 16.7. The van der Waals surface area contributed by atoms with Gasteiger partial charge in [-0.15, -0.1) is 0 Å². The third-order valence-electron chi connectivity index (χ3n) is 3.98. The summed E-state index contributed by atoms with van der Waals surface area (Å²) in [4.78, 5) is 11.3. The molecule has 3 heteroatoms. The van der Waals surface area contributed by atoms with Crippen molar-refractivity contribution < 1.29 is 14.6 Å². The average Bonchev–Trinajstić information content (AvgIpc) is 2.62. The molecule has 0 bridgehead atoms. The van der Waals surface area contributed by atoms with Gasteiger partial charge in [-0.3, -0.25) is 0 Å². The van der Waals surface area contributed by atoms with Crippen LogP contribution in [0.25, 0.3) is 22.3 Å². The smallest absolute Gasteiger partial charge is 0.449 e. The Kier molecular flexibility index (Phi) is 4.62. The quantitative estimate of drug-likeness (QED) is 0.500. The predicted molar refractivity (Wildman–Crippen MR) is 95.3 cm³/mol. The highest BCUT2D eigenvalue weighted by molar-refractivity contribution is 5.85. The summed E-state index contributed by atoms with van der Waals surface area (Å²) in [6, 6.07) is 23.4. The molecule has 0 unspecified atom stereocenters. The molecule has 0 radical (unpaired) electrons. The molecule has 3 aromatic rings. The molecule has 0 heterocycles. The van der Waals surface area contributed by atoms with Crippen molar-refractivity contribution in [1.29, 1.82) is 0 Å². The van der Waals surface area contributed by atoms with E-state index in [0.717, 1.165) is 34.2 Å². The van der Waals surface area contributed by atoms with Crippen LogP contribution in [-0.4, -0.2) is 11.3 Å². The van der Waals surface area contributed by atoms with Crippen LogP contribution in [0, 0.1) is 0 Å². The Bertz CT molecular complexity index is 854. The summed E-state index contributed by atoms with van der Waals surface area (Å²) < 4.78 is 5.20. The SMILES string of the molecule is CCc1ccccc1-c1cccc(-c2ccccc2)c1OC(=O)O. The Morgan fingerprint density at radius 3 is 2.17 bits per heavy atom. The van der Waals surface area contributed by atoms with E-state index in [1.807, 2.05) is 66.7 Å². The van der Waals surface area contributed by atoms with Crippen LogP contribution in [0.2, 0.25) is 0 Å². The first kappa shape index (κ1) is 15.8. The lowest BCUT2D eigenvalue weighted by Gasteiger charge is -2.16. The molecule has 3 aromatic carbocycles. The average molecular weight is 318 g/mol. The monoisotopic (exact) mass is 318 g/mol. The Labute approximate surface area is 141 Å². The molecule has 0 aliphatic heterocycles. The molecule has 0 saturated carbocycles. The van der Waals surface area contributed by atoms with Crippen molar-refractivity contribution in [2.24, 2.45) is 0 Å². The summed E-state index contributed by atoms with van der Waals surface area (Å²) in [7, 11) is 0. The molecule has 0 aromatic heterocycles. The van der Waals surface area contributed by atoms with Crippen LogP contribution in [-0.2, 0) is 6.42 Å². The van der Waals surface area contributed by atoms with Crippen LogP contribution in [0.15, 0.2) is 72.8 Å². The van der Waals surface area contributed by atoms with Crippen LogP contribution < -0.4 is 4.74 Å². The van der Waals surface area contributed by atoms with Crippen molar-refractivity contribution in [2.75, 3.05) is 0 Å². The van der Waals surface area contributed by atoms with Gasteiger partial charge in [0, 0.05) is 11.1 Å². The topological polar surface area (TPSA) is 46.5 Å². The van der Waals surface area contributed by atoms with Gasteiger partial charge in [-0.2, -0.15) is 0 Å². The number of carboxylic acid groups (broad SMARTS) is 1. The maximum absolute atomic E-state index is 11.3. The minimum absolute atomic E-state index is 0.372. The van der Waals surface area contributed by atoms with E-state index in [9.17, 15) is 9.90 Å². The number of aryl methyl sites for hydroxylation is 1. The molecular weight excluding hydrogens is 300 g/mol. The maximum atomic E-state index is 11.3. The van der Waals surface area contributed by atoms with E-state index in [4.69, 9.17) is 4.74 Å². The number of ether oxygens (including phenoxy) is 1. The summed E-state index contributed by atoms with van der Waals surface area (Å²) >= 11 is 0. The van der Waals surface area contributed by atoms with Gasteiger partial charge in [0.2, 0.25) is 0 Å². The van der Waals surface area contributed by atoms with Gasteiger partial charge in [0.1, 0.15) is 5.75 Å². The van der Waals surface area contributed by atoms with Gasteiger partial charge in [-0.25, -0.2) is 4.79 Å². The number of benzene rings is 3. The van der Waals surface area contributed by atoms with Crippen LogP contribution in [0.1, 0.15) is 12.5 Å². The molecule has 1 N–H and O–H groups in total. The lowest BCUT2D eigenvalue weighted by atomic mass is 9.93. The van der Waals surface area contributed by atoms with E-state index in [2.05, 4.69) is 13.0 Å². The first-order valence-electron chi connectivity index (χ1n) is 7.88. The molecule has 0 amide bonds. The van der Waals surface area contributed by atoms with Crippen molar-refractivity contribution in [2.45, 2.75) is 13.3 Å². The molecular formula is C21H18O3. The third-order valence-corrected chi connectivity index (χ3v) is 3.98. The van der Waals surface area contributed by atoms with E-state index < -0.39 is 6.16 Å². The van der Waals surface area contributed by atoms with Crippen LogP contribution in [0.4, 0.5) is 4.79 Å². The molecule has 120 valence electrons. The maximum Gasteiger partial charge on any atom is 0.511 e. The molecule has 24 heavy (non-hydrogen) atoms. The van der Waals surface area contributed by atoms with Crippen molar-refractivity contribution in [3.63, 3.8) is 0 Å². The van der Waals surface area contributed by atoms with E-state index in [0.29, 0.717) is 5.75 Å². The van der Waals surface area contributed by atoms with Gasteiger partial charge in [0.05, 0.1) is 0 Å². The van der Waals surface area contributed by atoms with Crippen molar-refractivity contribution >= 4 is 6.16 Å². The Balaban J connectivity index is 2.25. The van der Waals surface area contributed by atoms with Crippen molar-refractivity contribution in [1.82, 2.24) is 0 Å². The summed E-state index contributed by atoms with van der Waals surface area (Å²) in [6.45, 7) is 2.08. The summed E-state index contributed by atoms with van der Waals surface area (Å²) in [5, 5.41) is 9.21. The van der Waals surface area contributed by atoms with Gasteiger partial charge < -0.3 is 9.84 Å². The fourth-order valence-electron chi connectivity index (χ4n) is 2.88.